The van der Waals surface area contributed by atoms with Gasteiger partial charge in [0.2, 0.25) is 0 Å². The molecule has 30 heavy (non-hydrogen) atoms. The number of nitrogens with zero attached hydrogens (tertiary/aromatic N) is 2. The lowest BCUT2D eigenvalue weighted by Crippen LogP contribution is -2.63. The summed E-state index contributed by atoms with van der Waals surface area (Å²) in [4.78, 5) is 7.13. The number of hydrogen-bond acceptors (Lipinski definition) is 4. The maximum absolute atomic E-state index is 3.56. The maximum atomic E-state index is 3.56. The first-order valence-electron chi connectivity index (χ1n) is 12.9. The molecule has 184 valence electrons. The molecule has 0 saturated heterocycles. The molecule has 0 aliphatic carbocycles. The van der Waals surface area contributed by atoms with Gasteiger partial charge >= 0.3 is 0 Å². The molecule has 0 fully saturated rings. The SMILES string of the molecule is CC(C)N[SiH]([SiH3])NC(C)C.CCC(C)N(C(C)CC)[SiH]([SiH3])N(C(C)CC)C(C)CC. The van der Waals surface area contributed by atoms with Crippen LogP contribution in [0.1, 0.15) is 109 Å². The summed E-state index contributed by atoms with van der Waals surface area (Å²) in [7, 11) is 1.05. The van der Waals surface area contributed by atoms with Crippen LogP contribution < -0.4 is 9.96 Å². The zero-order chi connectivity index (χ0) is 24.0. The molecule has 4 nitrogen and oxygen atoms in total. The van der Waals surface area contributed by atoms with Crippen LogP contribution in [0.3, 0.4) is 0 Å². The fourth-order valence-corrected chi connectivity index (χ4v) is 20.7. The van der Waals surface area contributed by atoms with Crippen LogP contribution in [0.2, 0.25) is 0 Å². The zero-order valence-corrected chi connectivity index (χ0v) is 29.7. The quantitative estimate of drug-likeness (QED) is 0.363. The van der Waals surface area contributed by atoms with E-state index in [-0.39, 0.29) is 0 Å². The van der Waals surface area contributed by atoms with Crippen LogP contribution in [0, 0.1) is 0 Å². The Hall–Kier alpha value is 0.708. The Balaban J connectivity index is 0. The molecule has 0 aliphatic rings. The zero-order valence-electron chi connectivity index (χ0n) is 23.3. The summed E-state index contributed by atoms with van der Waals surface area (Å²) < 4.78 is 5.87. The average Bonchev–Trinajstić information content (AvgIpc) is 2.66. The highest BCUT2D eigenvalue weighted by atomic mass is 29.2. The maximum Gasteiger partial charge on any atom is 0.165 e. The Morgan fingerprint density at radius 3 is 0.967 bits per heavy atom. The highest BCUT2D eigenvalue weighted by Crippen LogP contribution is 2.20. The van der Waals surface area contributed by atoms with Gasteiger partial charge in [-0.05, 0) is 37.8 Å². The van der Waals surface area contributed by atoms with Gasteiger partial charge in [0.1, 0.15) is 0 Å². The summed E-state index contributed by atoms with van der Waals surface area (Å²) in [5.74, 6) is 0. The van der Waals surface area contributed by atoms with Gasteiger partial charge in [0, 0.05) is 43.7 Å². The van der Waals surface area contributed by atoms with Crippen molar-refractivity contribution in [1.82, 2.24) is 19.1 Å². The van der Waals surface area contributed by atoms with Gasteiger partial charge in [-0.2, -0.15) is 0 Å². The largest absolute Gasteiger partial charge is 0.328 e. The van der Waals surface area contributed by atoms with Crippen molar-refractivity contribution in [3.05, 3.63) is 0 Å². The van der Waals surface area contributed by atoms with Gasteiger partial charge in [0.05, 0.1) is 0 Å². The Morgan fingerprint density at radius 1 is 0.567 bits per heavy atom. The van der Waals surface area contributed by atoms with Crippen LogP contribution in [-0.4, -0.2) is 82.2 Å². The van der Waals surface area contributed by atoms with Crippen LogP contribution in [0.25, 0.3) is 0 Å². The third-order valence-electron chi connectivity index (χ3n) is 6.43. The molecule has 8 heteroatoms. The van der Waals surface area contributed by atoms with E-state index in [2.05, 4.69) is 102 Å². The minimum absolute atomic E-state index is 0.653. The molecule has 0 aromatic heterocycles. The molecule has 0 radical (unpaired) electrons. The van der Waals surface area contributed by atoms with E-state index in [1.165, 1.54) is 45.2 Å². The minimum atomic E-state index is -0.929. The highest BCUT2D eigenvalue weighted by molar-refractivity contribution is 7.00. The molecular formula is C22H60N4Si4. The predicted molar refractivity (Wildman–Crippen MR) is 153 cm³/mol. The van der Waals surface area contributed by atoms with E-state index in [1.807, 2.05) is 0 Å². The van der Waals surface area contributed by atoms with Crippen LogP contribution in [0.15, 0.2) is 0 Å². The van der Waals surface area contributed by atoms with Crippen LogP contribution in [-0.2, 0) is 0 Å². The van der Waals surface area contributed by atoms with Crippen molar-refractivity contribution in [2.24, 2.45) is 0 Å². The number of nitrogens with one attached hydrogen (secondary N) is 2. The second-order valence-electron chi connectivity index (χ2n) is 9.92. The first-order chi connectivity index (χ1) is 13.9. The summed E-state index contributed by atoms with van der Waals surface area (Å²) in [6, 6.07) is 4.29. The van der Waals surface area contributed by atoms with E-state index in [4.69, 9.17) is 0 Å². The molecule has 0 aliphatic heterocycles. The van der Waals surface area contributed by atoms with Crippen molar-refractivity contribution >= 4 is 36.8 Å². The van der Waals surface area contributed by atoms with Crippen molar-refractivity contribution in [2.75, 3.05) is 0 Å². The van der Waals surface area contributed by atoms with Gasteiger partial charge in [-0.25, -0.2) is 0 Å². The third-order valence-corrected chi connectivity index (χ3v) is 18.1. The van der Waals surface area contributed by atoms with Crippen LogP contribution >= 0.6 is 0 Å². The van der Waals surface area contributed by atoms with E-state index < -0.39 is 17.3 Å². The van der Waals surface area contributed by atoms with Crippen molar-refractivity contribution in [2.45, 2.75) is 145 Å². The first-order valence-corrected chi connectivity index (χ1v) is 24.4. The summed E-state index contributed by atoms with van der Waals surface area (Å²) >= 11 is 0. The fraction of sp³-hybridized carbons (Fsp3) is 1.00. The minimum Gasteiger partial charge on any atom is -0.328 e. The summed E-state index contributed by atoms with van der Waals surface area (Å²) in [6.45, 7) is 28.0. The molecule has 0 saturated carbocycles. The van der Waals surface area contributed by atoms with Gasteiger partial charge in [-0.3, -0.25) is 0 Å². The molecule has 0 bridgehead atoms. The Kier molecular flexibility index (Phi) is 19.9. The van der Waals surface area contributed by atoms with Crippen molar-refractivity contribution in [3.63, 3.8) is 0 Å². The van der Waals surface area contributed by atoms with Gasteiger partial charge in [-0.1, -0.05) is 83.1 Å². The van der Waals surface area contributed by atoms with Crippen molar-refractivity contribution < 1.29 is 0 Å². The van der Waals surface area contributed by atoms with Gasteiger partial charge in [0.25, 0.3) is 0 Å². The Bertz CT molecular complexity index is 347. The second-order valence-corrected chi connectivity index (χ2v) is 21.0. The van der Waals surface area contributed by atoms with Crippen LogP contribution in [0.4, 0.5) is 0 Å². The van der Waals surface area contributed by atoms with Gasteiger partial charge in [0.15, 0.2) is 17.3 Å². The second kappa shape index (κ2) is 18.2. The lowest BCUT2D eigenvalue weighted by Gasteiger charge is -2.48. The Morgan fingerprint density at radius 2 is 0.800 bits per heavy atom. The molecule has 2 N–H and O–H groups in total. The highest BCUT2D eigenvalue weighted by Gasteiger charge is 2.33. The monoisotopic (exact) mass is 492 g/mol. The Labute approximate surface area is 200 Å². The third kappa shape index (κ3) is 13.3. The van der Waals surface area contributed by atoms with E-state index in [1.54, 1.807) is 0 Å². The first kappa shape index (κ1) is 32.9. The average molecular weight is 493 g/mol. The topological polar surface area (TPSA) is 30.5 Å². The molecular weight excluding hydrogens is 433 g/mol. The molecule has 0 aromatic rings. The lowest BCUT2D eigenvalue weighted by atomic mass is 10.2. The molecule has 0 aromatic carbocycles. The smallest absolute Gasteiger partial charge is 0.165 e. The molecule has 0 spiro atoms. The normalized spacial score (nSPS) is 17.5. The molecule has 0 heterocycles. The standard InChI is InChI=1S/C16H40N2Si2.C6H20N2Si2/c1-9-13(5)17(14(6)10-2)20(19)18(15(7)11-3)16(8)12-4;1-5(2)7-10(9)8-6(3)4/h13-16,20H,9-12H2,1-8,19H3;5-8,10H,1-4,9H3. The van der Waals surface area contributed by atoms with E-state index >= 15 is 0 Å². The van der Waals surface area contributed by atoms with Crippen molar-refractivity contribution in [1.29, 1.82) is 0 Å². The van der Waals surface area contributed by atoms with E-state index in [0.717, 1.165) is 24.2 Å². The molecule has 4 atom stereocenters. The van der Waals surface area contributed by atoms with Crippen LogP contribution in [0.5, 0.6) is 0 Å². The summed E-state index contributed by atoms with van der Waals surface area (Å²) in [6.07, 6.45) is 5.13. The van der Waals surface area contributed by atoms with Gasteiger partial charge < -0.3 is 19.1 Å². The lowest BCUT2D eigenvalue weighted by molar-refractivity contribution is 0.195. The molecule has 4 unspecified atom stereocenters. The summed E-state index contributed by atoms with van der Waals surface area (Å²) in [5, 5.41) is 0. The number of hydrogen-bond donors (Lipinski definition) is 2. The van der Waals surface area contributed by atoms with E-state index in [9.17, 15) is 0 Å². The fourth-order valence-electron chi connectivity index (χ4n) is 4.39. The molecule has 0 rings (SSSR count). The predicted octanol–water partition coefficient (Wildman–Crippen LogP) is 1.93. The summed E-state index contributed by atoms with van der Waals surface area (Å²) in [5.41, 5.74) is 0. The van der Waals surface area contributed by atoms with Crippen molar-refractivity contribution in [3.8, 4) is 0 Å². The number of rotatable bonds is 14. The molecule has 0 amide bonds. The van der Waals surface area contributed by atoms with E-state index in [0.29, 0.717) is 12.1 Å². The van der Waals surface area contributed by atoms with Gasteiger partial charge in [-0.15, -0.1) is 0 Å².